The minimum Gasteiger partial charge on any atom is -0.497 e. The number of ether oxygens (including phenoxy) is 2. The monoisotopic (exact) mass is 370 g/mol. The van der Waals surface area contributed by atoms with Gasteiger partial charge in [-0.05, 0) is 37.3 Å². The predicted molar refractivity (Wildman–Crippen MR) is 103 cm³/mol. The van der Waals surface area contributed by atoms with Crippen LogP contribution in [-0.4, -0.2) is 40.3 Å². The van der Waals surface area contributed by atoms with Crippen LogP contribution in [0.4, 0.5) is 5.69 Å². The van der Waals surface area contributed by atoms with Gasteiger partial charge in [-0.2, -0.15) is 0 Å². The highest BCUT2D eigenvalue weighted by atomic mass is 35.5. The standard InChI is InChI=1S/C19H19ClN4O2/c1-11-8-15(17-13(23-11)4-5-14-18(17)22-10-21-14)24-12-6-7-19(20,26-3)16(9-12)25-2/h4-10,12,23-24H,1-3H3. The second-order valence-electron chi connectivity index (χ2n) is 6.21. The molecule has 1 aliphatic carbocycles. The SMILES string of the molecule is COC1=CC(Nc2cc(C)[nH]c3ccc4ncnc4c23)C=CC1(Cl)OC. The summed E-state index contributed by atoms with van der Waals surface area (Å²) >= 11 is 6.42. The van der Waals surface area contributed by atoms with Crippen LogP contribution in [0.3, 0.4) is 0 Å². The van der Waals surface area contributed by atoms with Crippen molar-refractivity contribution < 1.29 is 9.47 Å². The molecule has 1 aromatic carbocycles. The summed E-state index contributed by atoms with van der Waals surface area (Å²) in [6.07, 6.45) is 7.23. The van der Waals surface area contributed by atoms with Crippen molar-refractivity contribution in [3.8, 4) is 0 Å². The Labute approximate surface area is 155 Å². The quantitative estimate of drug-likeness (QED) is 0.538. The Hall–Kier alpha value is -2.57. The molecule has 3 aromatic rings. The molecule has 0 fully saturated rings. The highest BCUT2D eigenvalue weighted by Crippen LogP contribution is 2.34. The molecule has 6 nitrogen and oxygen atoms in total. The van der Waals surface area contributed by atoms with Gasteiger partial charge in [0, 0.05) is 29.4 Å². The number of hydrogen-bond acceptors (Lipinski definition) is 5. The maximum atomic E-state index is 6.42. The molecule has 0 radical (unpaired) electrons. The fraction of sp³-hybridized carbons (Fsp3) is 0.263. The molecular weight excluding hydrogens is 352 g/mol. The Morgan fingerprint density at radius 1 is 1.27 bits per heavy atom. The first-order valence-electron chi connectivity index (χ1n) is 8.23. The first-order chi connectivity index (χ1) is 12.5. The number of anilines is 1. The highest BCUT2D eigenvalue weighted by Gasteiger charge is 2.34. The van der Waals surface area contributed by atoms with E-state index in [1.54, 1.807) is 26.6 Å². The van der Waals surface area contributed by atoms with Gasteiger partial charge in [-0.15, -0.1) is 0 Å². The van der Waals surface area contributed by atoms with Crippen molar-refractivity contribution >= 4 is 39.2 Å². The van der Waals surface area contributed by atoms with E-state index in [4.69, 9.17) is 21.1 Å². The third kappa shape index (κ3) is 2.71. The van der Waals surface area contributed by atoms with Crippen LogP contribution in [0.2, 0.25) is 0 Å². The van der Waals surface area contributed by atoms with Gasteiger partial charge in [0.05, 0.1) is 18.7 Å². The Kier molecular flexibility index (Phi) is 4.09. The van der Waals surface area contributed by atoms with Gasteiger partial charge in [0.25, 0.3) is 0 Å². The molecule has 2 unspecified atom stereocenters. The van der Waals surface area contributed by atoms with E-state index in [-0.39, 0.29) is 6.04 Å². The van der Waals surface area contributed by atoms with E-state index < -0.39 is 5.06 Å². The first-order valence-corrected chi connectivity index (χ1v) is 8.61. The van der Waals surface area contributed by atoms with Crippen LogP contribution in [0, 0.1) is 6.92 Å². The number of methoxy groups -OCH3 is 2. The number of H-pyrrole nitrogens is 1. The number of hydrogen-bond donors (Lipinski definition) is 2. The number of aromatic nitrogens is 3. The zero-order chi connectivity index (χ0) is 18.3. The minimum absolute atomic E-state index is 0.102. The van der Waals surface area contributed by atoms with E-state index in [0.29, 0.717) is 5.76 Å². The van der Waals surface area contributed by atoms with Crippen LogP contribution in [0.1, 0.15) is 5.69 Å². The topological polar surface area (TPSA) is 72.1 Å². The largest absolute Gasteiger partial charge is 0.497 e. The van der Waals surface area contributed by atoms with E-state index in [0.717, 1.165) is 33.3 Å². The molecule has 0 spiro atoms. The van der Waals surface area contributed by atoms with E-state index in [1.165, 1.54) is 0 Å². The molecule has 0 bridgehead atoms. The second kappa shape index (κ2) is 6.30. The third-order valence-corrected chi connectivity index (χ3v) is 4.99. The summed E-state index contributed by atoms with van der Waals surface area (Å²) in [6.45, 7) is 2.02. The molecule has 0 saturated carbocycles. The fourth-order valence-corrected chi connectivity index (χ4v) is 3.49. The molecule has 2 atom stereocenters. The smallest absolute Gasteiger partial charge is 0.217 e. The lowest BCUT2D eigenvalue weighted by Crippen LogP contribution is -2.32. The van der Waals surface area contributed by atoms with E-state index in [9.17, 15) is 0 Å². The number of rotatable bonds is 4. The Morgan fingerprint density at radius 2 is 2.12 bits per heavy atom. The number of fused-ring (bicyclic) bond motifs is 3. The Bertz CT molecular complexity index is 1040. The molecule has 2 heterocycles. The summed E-state index contributed by atoms with van der Waals surface area (Å²) in [7, 11) is 3.13. The van der Waals surface area contributed by atoms with Gasteiger partial charge in [0.1, 0.15) is 17.6 Å². The molecule has 7 heteroatoms. The third-order valence-electron chi connectivity index (χ3n) is 4.53. The van der Waals surface area contributed by atoms with Crippen LogP contribution in [0.25, 0.3) is 21.9 Å². The second-order valence-corrected chi connectivity index (χ2v) is 6.77. The number of imidazole rings is 1. The Morgan fingerprint density at radius 3 is 2.88 bits per heavy atom. The van der Waals surface area contributed by atoms with E-state index in [1.807, 2.05) is 31.2 Å². The lowest BCUT2D eigenvalue weighted by molar-refractivity contribution is 0.0772. The molecule has 4 rings (SSSR count). The van der Waals surface area contributed by atoms with Gasteiger partial charge < -0.3 is 19.8 Å². The summed E-state index contributed by atoms with van der Waals surface area (Å²) in [4.78, 5) is 12.1. The highest BCUT2D eigenvalue weighted by molar-refractivity contribution is 6.26. The van der Waals surface area contributed by atoms with Crippen LogP contribution in [0.5, 0.6) is 0 Å². The molecule has 26 heavy (non-hydrogen) atoms. The van der Waals surface area contributed by atoms with Crippen molar-refractivity contribution in [2.75, 3.05) is 19.5 Å². The molecule has 0 amide bonds. The van der Waals surface area contributed by atoms with Crippen molar-refractivity contribution in [3.05, 3.63) is 54.2 Å². The number of aryl methyl sites for hydroxylation is 1. The Balaban J connectivity index is 1.79. The van der Waals surface area contributed by atoms with Gasteiger partial charge in [0.2, 0.25) is 5.06 Å². The van der Waals surface area contributed by atoms with E-state index >= 15 is 0 Å². The number of nitrogens with zero attached hydrogens (tertiary/aromatic N) is 2. The summed E-state index contributed by atoms with van der Waals surface area (Å²) in [5, 5.41) is 3.46. The summed E-state index contributed by atoms with van der Waals surface area (Å²) < 4.78 is 10.8. The van der Waals surface area contributed by atoms with Crippen LogP contribution < -0.4 is 5.32 Å². The van der Waals surface area contributed by atoms with Crippen LogP contribution in [-0.2, 0) is 9.47 Å². The van der Waals surface area contributed by atoms with Gasteiger partial charge in [-0.1, -0.05) is 17.7 Å². The van der Waals surface area contributed by atoms with Gasteiger partial charge in [-0.25, -0.2) is 9.97 Å². The number of alkyl halides is 1. The lowest BCUT2D eigenvalue weighted by atomic mass is 10.0. The van der Waals surface area contributed by atoms with Crippen molar-refractivity contribution in [2.24, 2.45) is 0 Å². The molecular formula is C19H19ClN4O2. The molecule has 134 valence electrons. The number of pyridine rings is 1. The summed E-state index contributed by atoms with van der Waals surface area (Å²) in [5.74, 6) is 0.545. The molecule has 2 aromatic heterocycles. The number of benzene rings is 1. The number of nitrogens with one attached hydrogen (secondary N) is 2. The van der Waals surface area contributed by atoms with Crippen LogP contribution in [0.15, 0.2) is 48.5 Å². The summed E-state index contributed by atoms with van der Waals surface area (Å²) in [6, 6.07) is 5.94. The zero-order valence-electron chi connectivity index (χ0n) is 14.7. The maximum absolute atomic E-state index is 6.42. The molecule has 1 aliphatic rings. The van der Waals surface area contributed by atoms with Gasteiger partial charge in [0.15, 0.2) is 0 Å². The molecule has 0 saturated heterocycles. The molecule has 0 aliphatic heterocycles. The summed E-state index contributed by atoms with van der Waals surface area (Å²) in [5.41, 5.74) is 4.73. The number of halogens is 1. The van der Waals surface area contributed by atoms with Crippen molar-refractivity contribution in [1.82, 2.24) is 15.0 Å². The van der Waals surface area contributed by atoms with Crippen LogP contribution >= 0.6 is 11.6 Å². The normalized spacial score (nSPS) is 22.6. The van der Waals surface area contributed by atoms with Crippen molar-refractivity contribution in [1.29, 1.82) is 0 Å². The van der Waals surface area contributed by atoms with Gasteiger partial charge >= 0.3 is 0 Å². The van der Waals surface area contributed by atoms with Crippen molar-refractivity contribution in [3.63, 3.8) is 0 Å². The maximum Gasteiger partial charge on any atom is 0.217 e. The number of aromatic amines is 1. The first kappa shape index (κ1) is 16.9. The van der Waals surface area contributed by atoms with E-state index in [2.05, 4.69) is 26.3 Å². The van der Waals surface area contributed by atoms with Gasteiger partial charge in [-0.3, -0.25) is 0 Å². The van der Waals surface area contributed by atoms with Crippen molar-refractivity contribution in [2.45, 2.75) is 18.0 Å². The zero-order valence-corrected chi connectivity index (χ0v) is 15.5. The molecule has 2 N–H and O–H groups in total. The average Bonchev–Trinajstić information content (AvgIpc) is 3.11. The fourth-order valence-electron chi connectivity index (χ4n) is 3.28. The predicted octanol–water partition coefficient (Wildman–Crippen LogP) is 3.88. The minimum atomic E-state index is -1.07. The lowest BCUT2D eigenvalue weighted by Gasteiger charge is -2.29. The average molecular weight is 371 g/mol.